The number of unbranched alkanes of at least 4 members (excludes halogenated alkanes) is 1. The molecule has 0 amide bonds. The third-order valence-corrected chi connectivity index (χ3v) is 3.25. The van der Waals surface area contributed by atoms with Crippen molar-refractivity contribution in [3.05, 3.63) is 0 Å². The molecule has 0 heterocycles. The van der Waals surface area contributed by atoms with Gasteiger partial charge < -0.3 is 11.1 Å². The largest absolute Gasteiger partial charge is 0.330 e. The van der Waals surface area contributed by atoms with Crippen LogP contribution in [0.4, 0.5) is 0 Å². The van der Waals surface area contributed by atoms with Gasteiger partial charge in [-0.05, 0) is 56.7 Å². The Balaban J connectivity index is 3.31. The van der Waals surface area contributed by atoms with Gasteiger partial charge in [-0.15, -0.1) is 0 Å². The average Bonchev–Trinajstić information content (AvgIpc) is 2.25. The summed E-state index contributed by atoms with van der Waals surface area (Å²) < 4.78 is 0. The topological polar surface area (TPSA) is 38.0 Å². The molecule has 0 saturated carbocycles. The quantitative estimate of drug-likeness (QED) is 0.545. The van der Waals surface area contributed by atoms with Crippen molar-refractivity contribution in [1.29, 1.82) is 0 Å². The predicted molar refractivity (Wildman–Crippen MR) is 78.2 cm³/mol. The smallest absolute Gasteiger partial charge is 0.00458 e. The van der Waals surface area contributed by atoms with E-state index >= 15 is 0 Å². The molecule has 0 radical (unpaired) electrons. The van der Waals surface area contributed by atoms with E-state index in [-0.39, 0.29) is 0 Å². The molecule has 1 unspecified atom stereocenters. The van der Waals surface area contributed by atoms with Crippen LogP contribution in [-0.4, -0.2) is 19.6 Å². The van der Waals surface area contributed by atoms with Crippen molar-refractivity contribution in [2.45, 2.75) is 59.8 Å². The zero-order valence-corrected chi connectivity index (χ0v) is 12.5. The number of nitrogens with one attached hydrogen (secondary N) is 1. The number of hydrogen-bond donors (Lipinski definition) is 2. The maximum absolute atomic E-state index is 5.79. The highest BCUT2D eigenvalue weighted by molar-refractivity contribution is 4.64. The molecule has 3 N–H and O–H groups in total. The van der Waals surface area contributed by atoms with Crippen LogP contribution in [0.1, 0.15) is 59.8 Å². The lowest BCUT2D eigenvalue weighted by molar-refractivity contribution is 0.384. The molecule has 0 aliphatic carbocycles. The van der Waals surface area contributed by atoms with Crippen LogP contribution >= 0.6 is 0 Å². The van der Waals surface area contributed by atoms with E-state index in [1.807, 2.05) is 0 Å². The standard InChI is InChI=1S/C15H34N2/c1-13(2)7-5-6-9-17-10-8-15(12-16)11-14(3)4/h13-15,17H,5-12,16H2,1-4H3. The van der Waals surface area contributed by atoms with Crippen LogP contribution in [0, 0.1) is 17.8 Å². The van der Waals surface area contributed by atoms with Gasteiger partial charge in [-0.3, -0.25) is 0 Å². The van der Waals surface area contributed by atoms with Crippen molar-refractivity contribution in [2.24, 2.45) is 23.5 Å². The third-order valence-electron chi connectivity index (χ3n) is 3.25. The third kappa shape index (κ3) is 12.2. The lowest BCUT2D eigenvalue weighted by atomic mass is 9.94. The van der Waals surface area contributed by atoms with Crippen LogP contribution in [0.15, 0.2) is 0 Å². The highest BCUT2D eigenvalue weighted by Crippen LogP contribution is 2.13. The molecule has 0 aromatic rings. The van der Waals surface area contributed by atoms with E-state index in [2.05, 4.69) is 33.0 Å². The average molecular weight is 242 g/mol. The molecule has 2 heteroatoms. The van der Waals surface area contributed by atoms with E-state index in [9.17, 15) is 0 Å². The lowest BCUT2D eigenvalue weighted by Gasteiger charge is -2.17. The molecule has 0 aliphatic heterocycles. The Morgan fingerprint density at radius 1 is 0.882 bits per heavy atom. The Hall–Kier alpha value is -0.0800. The van der Waals surface area contributed by atoms with Crippen LogP contribution in [0.5, 0.6) is 0 Å². The molecular formula is C15H34N2. The van der Waals surface area contributed by atoms with E-state index in [0.29, 0.717) is 5.92 Å². The summed E-state index contributed by atoms with van der Waals surface area (Å²) in [7, 11) is 0. The Labute approximate surface area is 109 Å². The maximum Gasteiger partial charge on any atom is -0.00458 e. The minimum Gasteiger partial charge on any atom is -0.330 e. The molecule has 0 aromatic heterocycles. The molecular weight excluding hydrogens is 208 g/mol. The van der Waals surface area contributed by atoms with E-state index in [0.717, 1.165) is 24.9 Å². The maximum atomic E-state index is 5.79. The van der Waals surface area contributed by atoms with Crippen LogP contribution in [0.25, 0.3) is 0 Å². The van der Waals surface area contributed by atoms with E-state index in [1.165, 1.54) is 38.6 Å². The van der Waals surface area contributed by atoms with Crippen molar-refractivity contribution in [2.75, 3.05) is 19.6 Å². The minimum atomic E-state index is 0.707. The van der Waals surface area contributed by atoms with Gasteiger partial charge in [0.15, 0.2) is 0 Å². The van der Waals surface area contributed by atoms with E-state index in [1.54, 1.807) is 0 Å². The summed E-state index contributed by atoms with van der Waals surface area (Å²) in [5.74, 6) is 2.33. The first-order chi connectivity index (χ1) is 8.06. The fourth-order valence-electron chi connectivity index (χ4n) is 2.23. The molecule has 0 fully saturated rings. The fourth-order valence-corrected chi connectivity index (χ4v) is 2.23. The second-order valence-corrected chi connectivity index (χ2v) is 6.16. The van der Waals surface area contributed by atoms with Crippen molar-refractivity contribution >= 4 is 0 Å². The first kappa shape index (κ1) is 16.9. The molecule has 104 valence electrons. The number of nitrogens with two attached hydrogens (primary N) is 1. The number of hydrogen-bond acceptors (Lipinski definition) is 2. The molecule has 2 nitrogen and oxygen atoms in total. The van der Waals surface area contributed by atoms with Crippen LogP contribution in [-0.2, 0) is 0 Å². The molecule has 0 rings (SSSR count). The van der Waals surface area contributed by atoms with Gasteiger partial charge in [-0.25, -0.2) is 0 Å². The predicted octanol–water partition coefficient (Wildman–Crippen LogP) is 3.41. The van der Waals surface area contributed by atoms with Gasteiger partial charge in [-0.1, -0.05) is 40.5 Å². The fraction of sp³-hybridized carbons (Fsp3) is 1.00. The highest BCUT2D eigenvalue weighted by Gasteiger charge is 2.08. The molecule has 1 atom stereocenters. The normalized spacial score (nSPS) is 13.6. The second kappa shape index (κ2) is 11.0. The van der Waals surface area contributed by atoms with Crippen molar-refractivity contribution in [1.82, 2.24) is 5.32 Å². The summed E-state index contributed by atoms with van der Waals surface area (Å²) in [6.07, 6.45) is 6.54. The zero-order chi connectivity index (χ0) is 13.1. The summed E-state index contributed by atoms with van der Waals surface area (Å²) in [5.41, 5.74) is 5.79. The summed E-state index contributed by atoms with van der Waals surface area (Å²) >= 11 is 0. The van der Waals surface area contributed by atoms with E-state index in [4.69, 9.17) is 5.73 Å². The SMILES string of the molecule is CC(C)CCCCNCCC(CN)CC(C)C. The summed E-state index contributed by atoms with van der Waals surface area (Å²) in [6.45, 7) is 12.3. The highest BCUT2D eigenvalue weighted by atomic mass is 14.8. The monoisotopic (exact) mass is 242 g/mol. The molecule has 0 aliphatic rings. The van der Waals surface area contributed by atoms with Gasteiger partial charge in [0.25, 0.3) is 0 Å². The van der Waals surface area contributed by atoms with Crippen LogP contribution in [0.2, 0.25) is 0 Å². The molecule has 0 aromatic carbocycles. The van der Waals surface area contributed by atoms with Gasteiger partial charge >= 0.3 is 0 Å². The molecule has 0 saturated heterocycles. The van der Waals surface area contributed by atoms with Crippen LogP contribution < -0.4 is 11.1 Å². The Kier molecular flexibility index (Phi) is 11.0. The van der Waals surface area contributed by atoms with Gasteiger partial charge in [-0.2, -0.15) is 0 Å². The lowest BCUT2D eigenvalue weighted by Crippen LogP contribution is -2.24. The van der Waals surface area contributed by atoms with Crippen molar-refractivity contribution in [3.8, 4) is 0 Å². The van der Waals surface area contributed by atoms with Gasteiger partial charge in [0.05, 0.1) is 0 Å². The van der Waals surface area contributed by atoms with Crippen molar-refractivity contribution in [3.63, 3.8) is 0 Å². The van der Waals surface area contributed by atoms with Crippen molar-refractivity contribution < 1.29 is 0 Å². The molecule has 17 heavy (non-hydrogen) atoms. The van der Waals surface area contributed by atoms with Crippen LogP contribution in [0.3, 0.4) is 0 Å². The van der Waals surface area contributed by atoms with Gasteiger partial charge in [0.2, 0.25) is 0 Å². The summed E-state index contributed by atoms with van der Waals surface area (Å²) in [5, 5.41) is 3.54. The Morgan fingerprint density at radius 3 is 2.12 bits per heavy atom. The Bertz CT molecular complexity index is 155. The first-order valence-electron chi connectivity index (χ1n) is 7.47. The zero-order valence-electron chi connectivity index (χ0n) is 12.5. The van der Waals surface area contributed by atoms with E-state index < -0.39 is 0 Å². The summed E-state index contributed by atoms with van der Waals surface area (Å²) in [4.78, 5) is 0. The molecule has 0 spiro atoms. The molecule has 0 bridgehead atoms. The number of rotatable bonds is 11. The Morgan fingerprint density at radius 2 is 1.59 bits per heavy atom. The van der Waals surface area contributed by atoms with Gasteiger partial charge in [0, 0.05) is 0 Å². The second-order valence-electron chi connectivity index (χ2n) is 6.16. The summed E-state index contributed by atoms with van der Waals surface area (Å²) in [6, 6.07) is 0. The minimum absolute atomic E-state index is 0.707. The van der Waals surface area contributed by atoms with Gasteiger partial charge in [0.1, 0.15) is 0 Å². The first-order valence-corrected chi connectivity index (χ1v) is 7.47.